The van der Waals surface area contributed by atoms with Crippen molar-refractivity contribution in [3.05, 3.63) is 66.2 Å². The topological polar surface area (TPSA) is 85.4 Å². The zero-order valence-electron chi connectivity index (χ0n) is 14.1. The summed E-state index contributed by atoms with van der Waals surface area (Å²) >= 11 is 0. The summed E-state index contributed by atoms with van der Waals surface area (Å²) in [5.41, 5.74) is 1.19. The molecule has 1 aliphatic rings. The van der Waals surface area contributed by atoms with Gasteiger partial charge in [-0.05, 0) is 36.4 Å². The van der Waals surface area contributed by atoms with Gasteiger partial charge in [0.15, 0.2) is 11.5 Å². The lowest BCUT2D eigenvalue weighted by molar-refractivity contribution is 0.102. The summed E-state index contributed by atoms with van der Waals surface area (Å²) in [6.45, 7) is 1.01. The summed E-state index contributed by atoms with van der Waals surface area (Å²) in [7, 11) is 0. The van der Waals surface area contributed by atoms with Crippen LogP contribution in [0.2, 0.25) is 0 Å². The van der Waals surface area contributed by atoms with Crippen molar-refractivity contribution in [1.29, 1.82) is 0 Å². The van der Waals surface area contributed by atoms with E-state index in [1.807, 2.05) is 0 Å². The number of carbonyl (C=O) groups excluding carboxylic acids is 1. The predicted octanol–water partition coefficient (Wildman–Crippen LogP) is 3.38. The van der Waals surface area contributed by atoms with Gasteiger partial charge in [-0.2, -0.15) is 0 Å². The Balaban J connectivity index is 1.49. The molecule has 7 nitrogen and oxygen atoms in total. The molecule has 1 aliphatic heterocycles. The average molecular weight is 366 g/mol. The Kier molecular flexibility index (Phi) is 4.52. The molecule has 8 heteroatoms. The van der Waals surface area contributed by atoms with Gasteiger partial charge in [-0.25, -0.2) is 14.4 Å². The zero-order valence-corrected chi connectivity index (χ0v) is 14.1. The number of carbonyl (C=O) groups is 1. The second-order valence-electron chi connectivity index (χ2n) is 5.71. The smallest absolute Gasteiger partial charge is 0.274 e. The van der Waals surface area contributed by atoms with E-state index in [2.05, 4.69) is 20.6 Å². The third kappa shape index (κ3) is 3.95. The van der Waals surface area contributed by atoms with Crippen LogP contribution in [0.1, 0.15) is 10.5 Å². The van der Waals surface area contributed by atoms with Crippen LogP contribution in [0.4, 0.5) is 21.7 Å². The van der Waals surface area contributed by atoms with E-state index < -0.39 is 11.7 Å². The minimum Gasteiger partial charge on any atom is -0.486 e. The lowest BCUT2D eigenvalue weighted by Crippen LogP contribution is -2.16. The van der Waals surface area contributed by atoms with E-state index in [1.54, 1.807) is 24.3 Å². The van der Waals surface area contributed by atoms with Gasteiger partial charge in [0.2, 0.25) is 5.95 Å². The van der Waals surface area contributed by atoms with Crippen LogP contribution in [0.25, 0.3) is 0 Å². The van der Waals surface area contributed by atoms with Crippen LogP contribution in [-0.4, -0.2) is 29.1 Å². The number of amides is 1. The molecule has 1 amide bonds. The maximum Gasteiger partial charge on any atom is 0.274 e. The molecule has 0 radical (unpaired) electrons. The molecule has 4 rings (SSSR count). The fourth-order valence-corrected chi connectivity index (χ4v) is 2.56. The monoisotopic (exact) mass is 366 g/mol. The minimum atomic E-state index is -0.465. The largest absolute Gasteiger partial charge is 0.486 e. The third-order valence-corrected chi connectivity index (χ3v) is 3.77. The van der Waals surface area contributed by atoms with Gasteiger partial charge in [-0.1, -0.05) is 6.07 Å². The first-order chi connectivity index (χ1) is 13.2. The number of ether oxygens (including phenoxy) is 2. The van der Waals surface area contributed by atoms with Gasteiger partial charge < -0.3 is 20.1 Å². The first kappa shape index (κ1) is 16.8. The molecule has 27 heavy (non-hydrogen) atoms. The van der Waals surface area contributed by atoms with Crippen LogP contribution in [-0.2, 0) is 0 Å². The molecular weight excluding hydrogens is 351 g/mol. The van der Waals surface area contributed by atoms with Crippen molar-refractivity contribution in [3.8, 4) is 11.5 Å². The van der Waals surface area contributed by atoms with Crippen LogP contribution >= 0.6 is 0 Å². The molecule has 2 N–H and O–H groups in total. The number of halogens is 1. The van der Waals surface area contributed by atoms with Gasteiger partial charge in [0.1, 0.15) is 24.7 Å². The number of hydrogen-bond donors (Lipinski definition) is 2. The fourth-order valence-electron chi connectivity index (χ4n) is 2.56. The molecule has 0 unspecified atom stereocenters. The second-order valence-corrected chi connectivity index (χ2v) is 5.71. The highest BCUT2D eigenvalue weighted by Gasteiger charge is 2.13. The first-order valence-electron chi connectivity index (χ1n) is 8.24. The van der Waals surface area contributed by atoms with E-state index in [4.69, 9.17) is 9.47 Å². The Labute approximate surface area is 154 Å². The number of rotatable bonds is 4. The van der Waals surface area contributed by atoms with Crippen LogP contribution < -0.4 is 20.1 Å². The van der Waals surface area contributed by atoms with E-state index in [-0.39, 0.29) is 11.6 Å². The number of hydrogen-bond acceptors (Lipinski definition) is 6. The van der Waals surface area contributed by atoms with Crippen molar-refractivity contribution < 1.29 is 18.7 Å². The van der Waals surface area contributed by atoms with Crippen LogP contribution in [0.5, 0.6) is 11.5 Å². The number of nitrogens with zero attached hydrogens (tertiary/aromatic N) is 2. The van der Waals surface area contributed by atoms with Crippen LogP contribution in [0.15, 0.2) is 54.7 Å². The molecule has 3 aromatic rings. The molecule has 136 valence electrons. The van der Waals surface area contributed by atoms with E-state index in [9.17, 15) is 9.18 Å². The summed E-state index contributed by atoms with van der Waals surface area (Å²) < 4.78 is 24.3. The van der Waals surface area contributed by atoms with E-state index in [0.29, 0.717) is 36.1 Å². The highest BCUT2D eigenvalue weighted by Crippen LogP contribution is 2.33. The van der Waals surface area contributed by atoms with Gasteiger partial charge in [0.05, 0.1) is 0 Å². The Bertz CT molecular complexity index is 996. The minimum absolute atomic E-state index is 0.148. The molecule has 2 heterocycles. The molecule has 0 aliphatic carbocycles. The maximum atomic E-state index is 13.2. The predicted molar refractivity (Wildman–Crippen MR) is 97.1 cm³/mol. The average Bonchev–Trinajstić information content (AvgIpc) is 2.68. The van der Waals surface area contributed by atoms with E-state index in [1.165, 1.54) is 30.5 Å². The molecule has 1 aromatic heterocycles. The van der Waals surface area contributed by atoms with Crippen LogP contribution in [0, 0.1) is 5.82 Å². The molecule has 0 saturated heterocycles. The molecule has 0 bridgehead atoms. The highest BCUT2D eigenvalue weighted by molar-refractivity contribution is 6.03. The van der Waals surface area contributed by atoms with Gasteiger partial charge in [0.25, 0.3) is 5.91 Å². The summed E-state index contributed by atoms with van der Waals surface area (Å²) in [5.74, 6) is 0.658. The molecule has 0 fully saturated rings. The number of anilines is 3. The second kappa shape index (κ2) is 7.28. The Hall–Kier alpha value is -3.68. The molecule has 0 atom stereocenters. The Morgan fingerprint density at radius 3 is 2.70 bits per heavy atom. The Morgan fingerprint density at radius 1 is 1.00 bits per heavy atom. The number of aromatic nitrogens is 2. The fraction of sp³-hybridized carbons (Fsp3) is 0.105. The van der Waals surface area contributed by atoms with Crippen molar-refractivity contribution in [2.45, 2.75) is 0 Å². The molecular formula is C19H15FN4O3. The number of nitrogens with one attached hydrogen (secondary N) is 2. The summed E-state index contributed by atoms with van der Waals surface area (Å²) in [5, 5.41) is 5.62. The number of fused-ring (bicyclic) bond motifs is 1. The zero-order chi connectivity index (χ0) is 18.6. The normalized spacial score (nSPS) is 12.3. The maximum absolute atomic E-state index is 13.2. The summed E-state index contributed by atoms with van der Waals surface area (Å²) in [6, 6.07) is 12.5. The van der Waals surface area contributed by atoms with Gasteiger partial charge in [-0.15, -0.1) is 0 Å². The molecule has 0 saturated carbocycles. The van der Waals surface area contributed by atoms with Crippen molar-refractivity contribution in [2.24, 2.45) is 0 Å². The summed E-state index contributed by atoms with van der Waals surface area (Å²) in [6.07, 6.45) is 1.47. The van der Waals surface area contributed by atoms with Crippen molar-refractivity contribution >= 4 is 23.2 Å². The van der Waals surface area contributed by atoms with Gasteiger partial charge in [-0.3, -0.25) is 4.79 Å². The third-order valence-electron chi connectivity index (χ3n) is 3.77. The van der Waals surface area contributed by atoms with Crippen molar-refractivity contribution in [1.82, 2.24) is 9.97 Å². The Morgan fingerprint density at radius 2 is 1.85 bits per heavy atom. The standard InChI is InChI=1S/C19H15FN4O3/c20-12-2-1-3-13(10-12)22-18(25)15-6-7-21-19(24-15)23-14-4-5-16-17(11-14)27-9-8-26-16/h1-7,10-11H,8-9H2,(H,22,25)(H,21,23,24). The van der Waals surface area contributed by atoms with Gasteiger partial charge in [0, 0.05) is 23.6 Å². The lowest BCUT2D eigenvalue weighted by Gasteiger charge is -2.19. The molecule has 2 aromatic carbocycles. The summed E-state index contributed by atoms with van der Waals surface area (Å²) in [4.78, 5) is 20.6. The number of benzene rings is 2. The first-order valence-corrected chi connectivity index (χ1v) is 8.24. The van der Waals surface area contributed by atoms with E-state index in [0.717, 1.165) is 0 Å². The van der Waals surface area contributed by atoms with Crippen molar-refractivity contribution in [2.75, 3.05) is 23.8 Å². The van der Waals surface area contributed by atoms with Crippen LogP contribution in [0.3, 0.4) is 0 Å². The highest BCUT2D eigenvalue weighted by atomic mass is 19.1. The quantitative estimate of drug-likeness (QED) is 0.736. The van der Waals surface area contributed by atoms with Gasteiger partial charge >= 0.3 is 0 Å². The lowest BCUT2D eigenvalue weighted by atomic mass is 10.2. The molecule has 0 spiro atoms. The van der Waals surface area contributed by atoms with Crippen molar-refractivity contribution in [3.63, 3.8) is 0 Å². The SMILES string of the molecule is O=C(Nc1cccc(F)c1)c1ccnc(Nc2ccc3c(c2)OCCO3)n1. The van der Waals surface area contributed by atoms with E-state index >= 15 is 0 Å².